The minimum absolute atomic E-state index is 0.198. The molecule has 0 aliphatic rings. The Morgan fingerprint density at radius 2 is 1.29 bits per heavy atom. The van der Waals surface area contributed by atoms with Gasteiger partial charge in [0, 0.05) is 19.5 Å². The molecule has 0 radical (unpaired) electrons. The summed E-state index contributed by atoms with van der Waals surface area (Å²) in [6.07, 6.45) is 2.78. The van der Waals surface area contributed by atoms with Gasteiger partial charge in [0.05, 0.1) is 19.8 Å². The number of methoxy groups -OCH3 is 2. The molecule has 0 heterocycles. The van der Waals surface area contributed by atoms with Gasteiger partial charge in [-0.05, 0) is 97.1 Å². The number of esters is 2. The van der Waals surface area contributed by atoms with Crippen LogP contribution in [0.25, 0.3) is 0 Å². The number of benzene rings is 4. The molecule has 4 rings (SSSR count). The SMILES string of the molecule is CC.CC.COC(=O)CCCCN(CCc1ccccc1OCc1ccc(Oc2ccc(F)cc2)cc1)Cc1ccc(C(=O)OC)cc1. The molecular formula is C40H50FNO6. The number of carbonyl (C=O) groups excluding carboxylic acids is 2. The Labute approximate surface area is 285 Å². The van der Waals surface area contributed by atoms with E-state index < -0.39 is 0 Å². The first-order chi connectivity index (χ1) is 23.4. The predicted molar refractivity (Wildman–Crippen MR) is 189 cm³/mol. The highest BCUT2D eigenvalue weighted by atomic mass is 19.1. The fourth-order valence-corrected chi connectivity index (χ4v) is 4.68. The summed E-state index contributed by atoms with van der Waals surface area (Å²) < 4.78 is 34.8. The van der Waals surface area contributed by atoms with Crippen molar-refractivity contribution in [3.8, 4) is 17.2 Å². The van der Waals surface area contributed by atoms with E-state index in [1.165, 1.54) is 26.4 Å². The Kier molecular flexibility index (Phi) is 18.7. The summed E-state index contributed by atoms with van der Waals surface area (Å²) in [5.41, 5.74) is 3.70. The van der Waals surface area contributed by atoms with E-state index in [2.05, 4.69) is 11.0 Å². The molecule has 0 aromatic heterocycles. The second-order valence-corrected chi connectivity index (χ2v) is 10.3. The lowest BCUT2D eigenvalue weighted by atomic mass is 10.1. The Bertz CT molecular complexity index is 1470. The highest BCUT2D eigenvalue weighted by molar-refractivity contribution is 5.89. The first-order valence-corrected chi connectivity index (χ1v) is 16.6. The molecule has 0 amide bonds. The molecule has 0 N–H and O–H groups in total. The number of ether oxygens (including phenoxy) is 4. The fourth-order valence-electron chi connectivity index (χ4n) is 4.68. The molecule has 0 atom stereocenters. The van der Waals surface area contributed by atoms with Crippen molar-refractivity contribution in [3.05, 3.63) is 125 Å². The van der Waals surface area contributed by atoms with Crippen molar-refractivity contribution in [1.82, 2.24) is 4.90 Å². The van der Waals surface area contributed by atoms with Gasteiger partial charge in [0.15, 0.2) is 0 Å². The number of unbranched alkanes of at least 4 members (excludes halogenated alkanes) is 1. The van der Waals surface area contributed by atoms with Crippen LogP contribution in [0.1, 0.15) is 74.0 Å². The highest BCUT2D eigenvalue weighted by Crippen LogP contribution is 2.24. The summed E-state index contributed by atoms with van der Waals surface area (Å²) in [5.74, 6) is 1.19. The highest BCUT2D eigenvalue weighted by Gasteiger charge is 2.12. The van der Waals surface area contributed by atoms with E-state index in [4.69, 9.17) is 18.9 Å². The summed E-state index contributed by atoms with van der Waals surface area (Å²) >= 11 is 0. The van der Waals surface area contributed by atoms with Gasteiger partial charge in [0.1, 0.15) is 29.7 Å². The molecule has 0 bridgehead atoms. The zero-order valence-corrected chi connectivity index (χ0v) is 29.2. The summed E-state index contributed by atoms with van der Waals surface area (Å²) in [7, 11) is 2.78. The monoisotopic (exact) mass is 659 g/mol. The van der Waals surface area contributed by atoms with Gasteiger partial charge in [-0.2, -0.15) is 0 Å². The number of rotatable bonds is 16. The standard InChI is InChI=1S/C36H38FNO6.2C2H6/c1-41-35(39)9-5-6-23-38(25-27-10-14-30(15-11-27)36(40)42-2)24-22-29-7-3-4-8-34(29)43-26-28-12-18-32(19-13-28)44-33-20-16-31(37)17-21-33;2*1-2/h3-4,7-8,10-21H,5-6,9,22-26H2,1-2H3;2*1-2H3. The van der Waals surface area contributed by atoms with Gasteiger partial charge in [-0.3, -0.25) is 9.69 Å². The second kappa shape index (κ2) is 22.8. The average molecular weight is 660 g/mol. The molecule has 4 aromatic carbocycles. The van der Waals surface area contributed by atoms with Crippen molar-refractivity contribution < 1.29 is 32.9 Å². The number of para-hydroxylation sites is 1. The Morgan fingerprint density at radius 3 is 1.92 bits per heavy atom. The van der Waals surface area contributed by atoms with Crippen molar-refractivity contribution in [2.75, 3.05) is 27.3 Å². The molecule has 48 heavy (non-hydrogen) atoms. The third-order valence-corrected chi connectivity index (χ3v) is 7.15. The summed E-state index contributed by atoms with van der Waals surface area (Å²) in [5, 5.41) is 0. The van der Waals surface area contributed by atoms with Crippen LogP contribution >= 0.6 is 0 Å². The maximum atomic E-state index is 13.2. The van der Waals surface area contributed by atoms with Crippen LogP contribution in [-0.2, 0) is 33.8 Å². The van der Waals surface area contributed by atoms with Crippen molar-refractivity contribution in [2.24, 2.45) is 0 Å². The van der Waals surface area contributed by atoms with Gasteiger partial charge in [0.2, 0.25) is 0 Å². The lowest BCUT2D eigenvalue weighted by Gasteiger charge is -2.23. The smallest absolute Gasteiger partial charge is 0.337 e. The zero-order chi connectivity index (χ0) is 35.1. The number of nitrogens with zero attached hydrogens (tertiary/aromatic N) is 1. The maximum absolute atomic E-state index is 13.2. The minimum Gasteiger partial charge on any atom is -0.489 e. The van der Waals surface area contributed by atoms with Crippen molar-refractivity contribution >= 4 is 11.9 Å². The molecule has 0 aliphatic heterocycles. The number of halogens is 1. The van der Waals surface area contributed by atoms with E-state index >= 15 is 0 Å². The fraction of sp³-hybridized carbons (Fsp3) is 0.350. The molecule has 4 aromatic rings. The third kappa shape index (κ3) is 14.0. The summed E-state index contributed by atoms with van der Waals surface area (Å²) in [6, 6.07) is 29.0. The van der Waals surface area contributed by atoms with E-state index in [0.29, 0.717) is 36.6 Å². The molecule has 7 nitrogen and oxygen atoms in total. The number of hydrogen-bond donors (Lipinski definition) is 0. The molecule has 8 heteroatoms. The van der Waals surface area contributed by atoms with E-state index in [1.54, 1.807) is 24.3 Å². The van der Waals surface area contributed by atoms with Gasteiger partial charge < -0.3 is 18.9 Å². The second-order valence-electron chi connectivity index (χ2n) is 10.3. The lowest BCUT2D eigenvalue weighted by Crippen LogP contribution is -2.27. The molecule has 0 fully saturated rings. The largest absolute Gasteiger partial charge is 0.489 e. The Hall–Kier alpha value is -4.69. The summed E-state index contributed by atoms with van der Waals surface area (Å²) in [6.45, 7) is 10.7. The van der Waals surface area contributed by atoms with Gasteiger partial charge in [0.25, 0.3) is 0 Å². The summed E-state index contributed by atoms with van der Waals surface area (Å²) in [4.78, 5) is 25.7. The van der Waals surface area contributed by atoms with Crippen LogP contribution in [0.3, 0.4) is 0 Å². The van der Waals surface area contributed by atoms with Crippen LogP contribution in [0.15, 0.2) is 97.1 Å². The molecule has 0 aliphatic carbocycles. The van der Waals surface area contributed by atoms with Crippen molar-refractivity contribution in [3.63, 3.8) is 0 Å². The normalized spacial score (nSPS) is 10.2. The molecule has 0 unspecified atom stereocenters. The average Bonchev–Trinajstić information content (AvgIpc) is 3.14. The molecule has 0 spiro atoms. The minimum atomic E-state index is -0.359. The Morgan fingerprint density at radius 1 is 0.688 bits per heavy atom. The Balaban J connectivity index is 0.00000193. The number of carbonyl (C=O) groups is 2. The van der Waals surface area contributed by atoms with E-state index in [1.807, 2.05) is 82.3 Å². The maximum Gasteiger partial charge on any atom is 0.337 e. The first-order valence-electron chi connectivity index (χ1n) is 16.6. The van der Waals surface area contributed by atoms with Crippen LogP contribution < -0.4 is 9.47 Å². The van der Waals surface area contributed by atoms with Crippen LogP contribution in [-0.4, -0.2) is 44.1 Å². The zero-order valence-electron chi connectivity index (χ0n) is 29.2. The number of hydrogen-bond acceptors (Lipinski definition) is 7. The van der Waals surface area contributed by atoms with Crippen LogP contribution in [0.2, 0.25) is 0 Å². The topological polar surface area (TPSA) is 74.3 Å². The van der Waals surface area contributed by atoms with Crippen molar-refractivity contribution in [1.29, 1.82) is 0 Å². The quantitative estimate of drug-likeness (QED) is 0.0876. The van der Waals surface area contributed by atoms with E-state index in [9.17, 15) is 14.0 Å². The molecule has 258 valence electrons. The first kappa shape index (κ1) is 39.5. The van der Waals surface area contributed by atoms with Crippen LogP contribution in [0.5, 0.6) is 17.2 Å². The van der Waals surface area contributed by atoms with Crippen molar-refractivity contribution in [2.45, 2.75) is 66.5 Å². The lowest BCUT2D eigenvalue weighted by molar-refractivity contribution is -0.140. The van der Waals surface area contributed by atoms with Crippen LogP contribution in [0.4, 0.5) is 4.39 Å². The van der Waals surface area contributed by atoms with Gasteiger partial charge in [-0.15, -0.1) is 0 Å². The predicted octanol–water partition coefficient (Wildman–Crippen LogP) is 9.42. The van der Waals surface area contributed by atoms with Gasteiger partial charge >= 0.3 is 11.9 Å². The van der Waals surface area contributed by atoms with Gasteiger partial charge in [-0.25, -0.2) is 9.18 Å². The van der Waals surface area contributed by atoms with Gasteiger partial charge in [-0.1, -0.05) is 70.2 Å². The third-order valence-electron chi connectivity index (χ3n) is 7.15. The van der Waals surface area contributed by atoms with Crippen LogP contribution in [0, 0.1) is 5.82 Å². The van der Waals surface area contributed by atoms with E-state index in [-0.39, 0.29) is 17.8 Å². The molecular weight excluding hydrogens is 609 g/mol. The molecule has 0 saturated heterocycles. The van der Waals surface area contributed by atoms with E-state index in [0.717, 1.165) is 54.8 Å². The molecule has 0 saturated carbocycles.